The van der Waals surface area contributed by atoms with Crippen LogP contribution in [0, 0.1) is 0 Å². The number of hydrogen-bond donors (Lipinski definition) is 1. The van der Waals surface area contributed by atoms with Crippen LogP contribution in [0.3, 0.4) is 0 Å². The molecule has 1 fully saturated rings. The van der Waals surface area contributed by atoms with Gasteiger partial charge in [-0.2, -0.15) is 0 Å². The van der Waals surface area contributed by atoms with Gasteiger partial charge in [-0.05, 0) is 30.7 Å². The number of rotatable bonds is 6. The fraction of sp³-hybridized carbons (Fsp3) is 0.500. The lowest BCUT2D eigenvalue weighted by Crippen LogP contribution is -2.42. The number of urea groups is 1. The number of thioether (sulfide) groups is 1. The predicted molar refractivity (Wildman–Crippen MR) is 95.9 cm³/mol. The molecule has 4 nitrogen and oxygen atoms in total. The van der Waals surface area contributed by atoms with Gasteiger partial charge in [-0.3, -0.25) is 4.90 Å². The van der Waals surface area contributed by atoms with Crippen molar-refractivity contribution in [3.05, 3.63) is 42.5 Å². The Morgan fingerprint density at radius 1 is 1.22 bits per heavy atom. The molecule has 2 aliphatic rings. The normalized spacial score (nSPS) is 21.0. The Kier molecular flexibility index (Phi) is 6.00. The van der Waals surface area contributed by atoms with E-state index in [9.17, 15) is 4.79 Å². The molecule has 124 valence electrons. The van der Waals surface area contributed by atoms with Gasteiger partial charge in [0, 0.05) is 43.7 Å². The number of hydrogen-bond acceptors (Lipinski definition) is 3. The molecule has 0 bridgehead atoms. The van der Waals surface area contributed by atoms with E-state index in [2.05, 4.69) is 46.6 Å². The second kappa shape index (κ2) is 8.41. The summed E-state index contributed by atoms with van der Waals surface area (Å²) in [6.07, 6.45) is 6.53. The van der Waals surface area contributed by atoms with Crippen LogP contribution in [0.5, 0.6) is 0 Å². The van der Waals surface area contributed by atoms with Gasteiger partial charge in [-0.15, -0.1) is 11.8 Å². The molecule has 1 aromatic carbocycles. The number of nitrogens with zero attached hydrogens (tertiary/aromatic N) is 2. The average Bonchev–Trinajstić information content (AvgIpc) is 3.26. The highest BCUT2D eigenvalue weighted by molar-refractivity contribution is 7.99. The molecule has 0 saturated carbocycles. The lowest BCUT2D eigenvalue weighted by molar-refractivity contribution is 0.200. The highest BCUT2D eigenvalue weighted by Gasteiger charge is 2.30. The Morgan fingerprint density at radius 3 is 2.78 bits per heavy atom. The monoisotopic (exact) mass is 331 g/mol. The molecule has 1 saturated heterocycles. The summed E-state index contributed by atoms with van der Waals surface area (Å²) in [5.41, 5.74) is 0. The quantitative estimate of drug-likeness (QED) is 0.495. The molecule has 2 amide bonds. The summed E-state index contributed by atoms with van der Waals surface area (Å²) >= 11 is 1.84. The van der Waals surface area contributed by atoms with Crippen molar-refractivity contribution in [2.45, 2.75) is 23.8 Å². The molecule has 0 aliphatic carbocycles. The van der Waals surface area contributed by atoms with Gasteiger partial charge in [0.25, 0.3) is 0 Å². The summed E-state index contributed by atoms with van der Waals surface area (Å²) < 4.78 is 0. The summed E-state index contributed by atoms with van der Waals surface area (Å²) in [5, 5.41) is 3.06. The van der Waals surface area contributed by atoms with Gasteiger partial charge in [-0.1, -0.05) is 30.4 Å². The lowest BCUT2D eigenvalue weighted by Gasteiger charge is -2.23. The van der Waals surface area contributed by atoms with Gasteiger partial charge in [0.15, 0.2) is 0 Å². The van der Waals surface area contributed by atoms with Crippen molar-refractivity contribution in [1.29, 1.82) is 0 Å². The number of likely N-dealkylation sites (tertiary alicyclic amines) is 1. The number of amides is 2. The molecule has 0 radical (unpaired) electrons. The third-order valence-electron chi connectivity index (χ3n) is 4.42. The van der Waals surface area contributed by atoms with Gasteiger partial charge in [0.1, 0.15) is 0 Å². The third kappa shape index (κ3) is 4.75. The Bertz CT molecular complexity index is 526. The standard InChI is InChI=1S/C18H25N3OS/c22-18(19-10-6-14-23-17-7-2-1-3-8-17)21-13-9-16(15-21)20-11-4-5-12-20/h1-5,7-8,16H,6,9-15H2,(H,19,22). The minimum atomic E-state index is 0.101. The van der Waals surface area contributed by atoms with E-state index in [-0.39, 0.29) is 6.03 Å². The number of benzene rings is 1. The fourth-order valence-electron chi connectivity index (χ4n) is 3.10. The van der Waals surface area contributed by atoms with Crippen LogP contribution in [-0.4, -0.2) is 60.3 Å². The summed E-state index contributed by atoms with van der Waals surface area (Å²) in [4.78, 5) is 17.9. The van der Waals surface area contributed by atoms with Gasteiger partial charge < -0.3 is 10.2 Å². The Balaban J connectivity index is 1.29. The first kappa shape index (κ1) is 16.4. The fourth-order valence-corrected chi connectivity index (χ4v) is 3.98. The molecule has 1 aromatic rings. The van der Waals surface area contributed by atoms with E-state index in [0.29, 0.717) is 6.04 Å². The maximum atomic E-state index is 12.2. The van der Waals surface area contributed by atoms with E-state index >= 15 is 0 Å². The molecule has 5 heteroatoms. The molecular weight excluding hydrogens is 306 g/mol. The lowest BCUT2D eigenvalue weighted by atomic mass is 10.2. The SMILES string of the molecule is O=C(NCCCSc1ccccc1)N1CCC(N2CC=CC2)C1. The van der Waals surface area contributed by atoms with Gasteiger partial charge in [0.2, 0.25) is 0 Å². The topological polar surface area (TPSA) is 35.6 Å². The van der Waals surface area contributed by atoms with Gasteiger partial charge >= 0.3 is 6.03 Å². The molecule has 1 atom stereocenters. The van der Waals surface area contributed by atoms with Crippen molar-refractivity contribution in [3.8, 4) is 0 Å². The van der Waals surface area contributed by atoms with Crippen molar-refractivity contribution in [2.75, 3.05) is 38.5 Å². The first-order valence-corrected chi connectivity index (χ1v) is 9.41. The van der Waals surface area contributed by atoms with Crippen molar-refractivity contribution in [1.82, 2.24) is 15.1 Å². The molecule has 1 unspecified atom stereocenters. The molecule has 0 aromatic heterocycles. The Morgan fingerprint density at radius 2 is 2.00 bits per heavy atom. The molecule has 3 rings (SSSR count). The van der Waals surface area contributed by atoms with Crippen LogP contribution in [0.25, 0.3) is 0 Å². The Labute approximate surface area is 142 Å². The van der Waals surface area contributed by atoms with Crippen molar-refractivity contribution in [3.63, 3.8) is 0 Å². The summed E-state index contributed by atoms with van der Waals surface area (Å²) in [5.74, 6) is 1.03. The third-order valence-corrected chi connectivity index (χ3v) is 5.52. The first-order valence-electron chi connectivity index (χ1n) is 8.42. The number of carbonyl (C=O) groups is 1. The van der Waals surface area contributed by atoms with E-state index in [4.69, 9.17) is 0 Å². The van der Waals surface area contributed by atoms with E-state index in [1.807, 2.05) is 22.7 Å². The summed E-state index contributed by atoms with van der Waals surface area (Å²) in [6, 6.07) is 11.0. The van der Waals surface area contributed by atoms with Gasteiger partial charge in [-0.25, -0.2) is 4.79 Å². The van der Waals surface area contributed by atoms with Crippen LogP contribution in [-0.2, 0) is 0 Å². The molecule has 0 spiro atoms. The first-order chi connectivity index (χ1) is 11.3. The van der Waals surface area contributed by atoms with Crippen LogP contribution in [0.15, 0.2) is 47.4 Å². The highest BCUT2D eigenvalue weighted by Crippen LogP contribution is 2.18. The zero-order valence-electron chi connectivity index (χ0n) is 13.5. The molecule has 23 heavy (non-hydrogen) atoms. The molecule has 1 N–H and O–H groups in total. The second-order valence-electron chi connectivity index (χ2n) is 6.06. The smallest absolute Gasteiger partial charge is 0.317 e. The van der Waals surface area contributed by atoms with E-state index in [1.165, 1.54) is 4.90 Å². The summed E-state index contributed by atoms with van der Waals surface area (Å²) in [6.45, 7) is 4.58. The van der Waals surface area contributed by atoms with E-state index in [1.54, 1.807) is 0 Å². The van der Waals surface area contributed by atoms with Crippen LogP contribution in [0.4, 0.5) is 4.79 Å². The second-order valence-corrected chi connectivity index (χ2v) is 7.23. The average molecular weight is 331 g/mol. The van der Waals surface area contributed by atoms with Crippen molar-refractivity contribution >= 4 is 17.8 Å². The van der Waals surface area contributed by atoms with Gasteiger partial charge in [0.05, 0.1) is 0 Å². The van der Waals surface area contributed by atoms with Crippen LogP contribution in [0.1, 0.15) is 12.8 Å². The zero-order valence-corrected chi connectivity index (χ0v) is 14.3. The maximum Gasteiger partial charge on any atom is 0.317 e. The predicted octanol–water partition coefficient (Wildman–Crippen LogP) is 2.82. The molecule has 2 aliphatic heterocycles. The Hall–Kier alpha value is -1.46. The van der Waals surface area contributed by atoms with Crippen molar-refractivity contribution in [2.24, 2.45) is 0 Å². The zero-order chi connectivity index (χ0) is 15.9. The van der Waals surface area contributed by atoms with Crippen molar-refractivity contribution < 1.29 is 4.79 Å². The van der Waals surface area contributed by atoms with Crippen LogP contribution < -0.4 is 5.32 Å². The minimum Gasteiger partial charge on any atom is -0.338 e. The van der Waals surface area contributed by atoms with Crippen LogP contribution >= 0.6 is 11.8 Å². The number of carbonyl (C=O) groups excluding carboxylic acids is 1. The minimum absolute atomic E-state index is 0.101. The molecular formula is C18H25N3OS. The highest BCUT2D eigenvalue weighted by atomic mass is 32.2. The summed E-state index contributed by atoms with van der Waals surface area (Å²) in [7, 11) is 0. The molecule has 2 heterocycles. The number of nitrogens with one attached hydrogen (secondary N) is 1. The van der Waals surface area contributed by atoms with E-state index in [0.717, 1.165) is 51.3 Å². The van der Waals surface area contributed by atoms with Crippen LogP contribution in [0.2, 0.25) is 0 Å². The van der Waals surface area contributed by atoms with E-state index < -0.39 is 0 Å². The maximum absolute atomic E-state index is 12.2. The largest absolute Gasteiger partial charge is 0.338 e.